The second kappa shape index (κ2) is 6.63. The smallest absolute Gasteiger partial charge is 0.254 e. The van der Waals surface area contributed by atoms with Crippen LogP contribution >= 0.6 is 0 Å². The summed E-state index contributed by atoms with van der Waals surface area (Å²) in [6.07, 6.45) is 4.86. The summed E-state index contributed by atoms with van der Waals surface area (Å²) >= 11 is 0. The molecule has 7 heteroatoms. The van der Waals surface area contributed by atoms with Gasteiger partial charge in [-0.1, -0.05) is 0 Å². The van der Waals surface area contributed by atoms with Crippen LogP contribution < -0.4 is 4.90 Å². The number of carbonyl (C=O) groups is 2. The first-order valence-electron chi connectivity index (χ1n) is 9.01. The average molecular weight is 344 g/mol. The molecule has 0 N–H and O–H groups in total. The summed E-state index contributed by atoms with van der Waals surface area (Å²) in [7, 11) is 1.80. The van der Waals surface area contributed by atoms with Crippen LogP contribution in [-0.4, -0.2) is 78.6 Å². The number of pyridine rings is 1. The van der Waals surface area contributed by atoms with Gasteiger partial charge in [0.05, 0.1) is 12.1 Å². The van der Waals surface area contributed by atoms with Crippen molar-refractivity contribution < 1.29 is 14.3 Å². The molecule has 4 heterocycles. The zero-order valence-corrected chi connectivity index (χ0v) is 14.6. The summed E-state index contributed by atoms with van der Waals surface area (Å²) in [6, 6.07) is 3.62. The van der Waals surface area contributed by atoms with Gasteiger partial charge in [0.2, 0.25) is 5.91 Å². The van der Waals surface area contributed by atoms with Gasteiger partial charge in [0.15, 0.2) is 0 Å². The van der Waals surface area contributed by atoms with Crippen molar-refractivity contribution >= 4 is 17.6 Å². The SMILES string of the molecule is CN1C(=O)CO[C@@H]2CCN(C(=O)c3ccnc(N4CCCC4)c3)C[C@@H]21. The zero-order valence-electron chi connectivity index (χ0n) is 14.6. The Morgan fingerprint density at radius 1 is 1.28 bits per heavy atom. The number of piperidine rings is 1. The molecule has 3 fully saturated rings. The van der Waals surface area contributed by atoms with E-state index in [4.69, 9.17) is 4.74 Å². The summed E-state index contributed by atoms with van der Waals surface area (Å²) in [5, 5.41) is 0. The maximum Gasteiger partial charge on any atom is 0.254 e. The number of nitrogens with zero attached hydrogens (tertiary/aromatic N) is 4. The van der Waals surface area contributed by atoms with Crippen molar-refractivity contribution in [3.8, 4) is 0 Å². The summed E-state index contributed by atoms with van der Waals surface area (Å²) < 4.78 is 5.64. The molecule has 2 atom stereocenters. The minimum atomic E-state index is -0.0566. The van der Waals surface area contributed by atoms with Crippen molar-refractivity contribution in [1.29, 1.82) is 0 Å². The largest absolute Gasteiger partial charge is 0.366 e. The van der Waals surface area contributed by atoms with Gasteiger partial charge in [-0.05, 0) is 31.4 Å². The highest BCUT2D eigenvalue weighted by molar-refractivity contribution is 5.95. The van der Waals surface area contributed by atoms with Gasteiger partial charge in [-0.25, -0.2) is 4.98 Å². The molecule has 25 heavy (non-hydrogen) atoms. The lowest BCUT2D eigenvalue weighted by molar-refractivity contribution is -0.159. The first-order chi connectivity index (χ1) is 12.1. The molecule has 0 spiro atoms. The van der Waals surface area contributed by atoms with Crippen LogP contribution in [0.5, 0.6) is 0 Å². The Kier molecular flexibility index (Phi) is 4.33. The third-order valence-electron chi connectivity index (χ3n) is 5.54. The number of amides is 2. The average Bonchev–Trinajstić information content (AvgIpc) is 3.19. The Labute approximate surface area is 147 Å². The molecule has 4 rings (SSSR count). The van der Waals surface area contributed by atoms with Crippen LogP contribution in [0.4, 0.5) is 5.82 Å². The summed E-state index contributed by atoms with van der Waals surface area (Å²) in [5.41, 5.74) is 0.668. The third kappa shape index (κ3) is 3.08. The van der Waals surface area contributed by atoms with Crippen molar-refractivity contribution in [2.75, 3.05) is 44.7 Å². The predicted octanol–water partition coefficient (Wildman–Crippen LogP) is 0.753. The van der Waals surface area contributed by atoms with E-state index in [1.54, 1.807) is 24.2 Å². The lowest BCUT2D eigenvalue weighted by atomic mass is 9.98. The summed E-state index contributed by atoms with van der Waals surface area (Å²) in [6.45, 7) is 3.33. The van der Waals surface area contributed by atoms with Gasteiger partial charge in [0, 0.05) is 45.0 Å². The molecule has 0 saturated carbocycles. The Hall–Kier alpha value is -2.15. The Bertz CT molecular complexity index is 674. The second-order valence-electron chi connectivity index (χ2n) is 7.06. The van der Waals surface area contributed by atoms with E-state index < -0.39 is 0 Å². The summed E-state index contributed by atoms with van der Waals surface area (Å²) in [4.78, 5) is 35.0. The monoisotopic (exact) mass is 344 g/mol. The van der Waals surface area contributed by atoms with Gasteiger partial charge < -0.3 is 19.4 Å². The van der Waals surface area contributed by atoms with Crippen LogP contribution in [-0.2, 0) is 9.53 Å². The van der Waals surface area contributed by atoms with Crippen molar-refractivity contribution in [2.45, 2.75) is 31.4 Å². The number of hydrogen-bond donors (Lipinski definition) is 0. The Morgan fingerprint density at radius 3 is 2.88 bits per heavy atom. The first kappa shape index (κ1) is 16.3. The molecule has 3 saturated heterocycles. The molecular formula is C18H24N4O3. The van der Waals surface area contributed by atoms with Crippen LogP contribution in [0.2, 0.25) is 0 Å². The molecule has 2 amide bonds. The lowest BCUT2D eigenvalue weighted by Gasteiger charge is -2.45. The number of likely N-dealkylation sites (tertiary alicyclic amines) is 1. The number of morpholine rings is 1. The quantitative estimate of drug-likeness (QED) is 0.792. The highest BCUT2D eigenvalue weighted by Gasteiger charge is 2.40. The topological polar surface area (TPSA) is 66.0 Å². The second-order valence-corrected chi connectivity index (χ2v) is 7.06. The van der Waals surface area contributed by atoms with E-state index in [0.717, 1.165) is 25.3 Å². The van der Waals surface area contributed by atoms with Crippen LogP contribution in [0.15, 0.2) is 18.3 Å². The molecule has 0 radical (unpaired) electrons. The maximum absolute atomic E-state index is 13.0. The number of carbonyl (C=O) groups excluding carboxylic acids is 2. The Morgan fingerprint density at radius 2 is 2.08 bits per heavy atom. The van der Waals surface area contributed by atoms with Gasteiger partial charge in [0.1, 0.15) is 12.4 Å². The van der Waals surface area contributed by atoms with Gasteiger partial charge in [-0.15, -0.1) is 0 Å². The van der Waals surface area contributed by atoms with E-state index in [-0.39, 0.29) is 30.6 Å². The van der Waals surface area contributed by atoms with E-state index in [0.29, 0.717) is 18.7 Å². The van der Waals surface area contributed by atoms with Crippen molar-refractivity contribution in [3.63, 3.8) is 0 Å². The molecule has 0 bridgehead atoms. The van der Waals surface area contributed by atoms with Gasteiger partial charge in [-0.2, -0.15) is 0 Å². The fraction of sp³-hybridized carbons (Fsp3) is 0.611. The van der Waals surface area contributed by atoms with E-state index >= 15 is 0 Å². The number of aromatic nitrogens is 1. The van der Waals surface area contributed by atoms with Gasteiger partial charge in [0.25, 0.3) is 5.91 Å². The highest BCUT2D eigenvalue weighted by Crippen LogP contribution is 2.25. The van der Waals surface area contributed by atoms with Crippen LogP contribution in [0, 0.1) is 0 Å². The number of fused-ring (bicyclic) bond motifs is 1. The maximum atomic E-state index is 13.0. The zero-order chi connectivity index (χ0) is 17.4. The molecular weight excluding hydrogens is 320 g/mol. The molecule has 7 nitrogen and oxygen atoms in total. The molecule has 1 aromatic rings. The minimum absolute atomic E-state index is 0.00715. The van der Waals surface area contributed by atoms with Crippen molar-refractivity contribution in [2.24, 2.45) is 0 Å². The summed E-state index contributed by atoms with van der Waals surface area (Å²) in [5.74, 6) is 0.870. The van der Waals surface area contributed by atoms with E-state index in [9.17, 15) is 9.59 Å². The molecule has 134 valence electrons. The molecule has 0 unspecified atom stereocenters. The molecule has 0 aromatic carbocycles. The standard InChI is InChI=1S/C18H24N4O3/c1-20-14-11-22(9-5-15(14)25-12-17(20)23)18(24)13-4-6-19-16(10-13)21-7-2-3-8-21/h4,6,10,14-15H,2-3,5,7-9,11-12H2,1H3/t14-,15+/m0/s1. The Balaban J connectivity index is 1.49. The predicted molar refractivity (Wildman–Crippen MR) is 92.5 cm³/mol. The fourth-order valence-corrected chi connectivity index (χ4v) is 3.98. The van der Waals surface area contributed by atoms with Gasteiger partial charge >= 0.3 is 0 Å². The molecule has 1 aromatic heterocycles. The molecule has 3 aliphatic rings. The highest BCUT2D eigenvalue weighted by atomic mass is 16.5. The number of rotatable bonds is 2. The van der Waals surface area contributed by atoms with E-state index in [1.807, 2.05) is 11.0 Å². The van der Waals surface area contributed by atoms with Crippen LogP contribution in [0.3, 0.4) is 0 Å². The number of anilines is 1. The van der Waals surface area contributed by atoms with Gasteiger partial charge in [-0.3, -0.25) is 9.59 Å². The third-order valence-corrected chi connectivity index (χ3v) is 5.54. The number of likely N-dealkylation sites (N-methyl/N-ethyl adjacent to an activating group) is 1. The van der Waals surface area contributed by atoms with Crippen LogP contribution in [0.1, 0.15) is 29.6 Å². The van der Waals surface area contributed by atoms with E-state index in [2.05, 4.69) is 9.88 Å². The normalized spacial score (nSPS) is 26.8. The first-order valence-corrected chi connectivity index (χ1v) is 9.01. The lowest BCUT2D eigenvalue weighted by Crippen LogP contribution is -2.61. The van der Waals surface area contributed by atoms with E-state index in [1.165, 1.54) is 12.8 Å². The minimum Gasteiger partial charge on any atom is -0.366 e. The van der Waals surface area contributed by atoms with Crippen LogP contribution in [0.25, 0.3) is 0 Å². The van der Waals surface area contributed by atoms with Crippen molar-refractivity contribution in [3.05, 3.63) is 23.9 Å². The fourth-order valence-electron chi connectivity index (χ4n) is 3.98. The van der Waals surface area contributed by atoms with Crippen molar-refractivity contribution in [1.82, 2.24) is 14.8 Å². The molecule has 0 aliphatic carbocycles. The number of hydrogen-bond acceptors (Lipinski definition) is 5. The molecule has 3 aliphatic heterocycles. The number of ether oxygens (including phenoxy) is 1.